The van der Waals surface area contributed by atoms with Crippen LogP contribution in [0.4, 0.5) is 5.69 Å². The van der Waals surface area contributed by atoms with Gasteiger partial charge in [0.25, 0.3) is 10.0 Å². The third kappa shape index (κ3) is 6.91. The number of nitrogens with one attached hydrogen (secondary N) is 1. The van der Waals surface area contributed by atoms with Crippen molar-refractivity contribution in [3.8, 4) is 0 Å². The molecule has 0 heterocycles. The number of sulfonamides is 1. The van der Waals surface area contributed by atoms with E-state index in [0.29, 0.717) is 5.69 Å². The summed E-state index contributed by atoms with van der Waals surface area (Å²) >= 11 is 0. The summed E-state index contributed by atoms with van der Waals surface area (Å²) in [7, 11) is -4.08. The van der Waals surface area contributed by atoms with Crippen molar-refractivity contribution in [2.75, 3.05) is 10.8 Å². The van der Waals surface area contributed by atoms with Crippen LogP contribution in [0.2, 0.25) is 0 Å². The molecule has 1 saturated carbocycles. The highest BCUT2D eigenvalue weighted by atomic mass is 32.2. The number of hydrogen-bond acceptors (Lipinski definition) is 4. The number of rotatable bonds is 10. The lowest BCUT2D eigenvalue weighted by Gasteiger charge is -2.33. The van der Waals surface area contributed by atoms with Crippen LogP contribution >= 0.6 is 0 Å². The molecule has 3 aromatic rings. The number of carbonyl (C=O) groups is 2. The third-order valence-electron chi connectivity index (χ3n) is 7.59. The highest BCUT2D eigenvalue weighted by Crippen LogP contribution is 2.28. The Morgan fingerprint density at radius 3 is 2.17 bits per heavy atom. The van der Waals surface area contributed by atoms with Crippen LogP contribution in [0.15, 0.2) is 77.7 Å². The Kier molecular flexibility index (Phi) is 9.30. The van der Waals surface area contributed by atoms with Crippen LogP contribution in [0.25, 0.3) is 0 Å². The van der Waals surface area contributed by atoms with E-state index in [0.717, 1.165) is 47.9 Å². The molecule has 7 nitrogen and oxygen atoms in total. The molecule has 0 unspecified atom stereocenters. The molecular weight excluding hydrogens is 522 g/mol. The largest absolute Gasteiger partial charge is 0.352 e. The molecule has 0 spiro atoms. The summed E-state index contributed by atoms with van der Waals surface area (Å²) in [5.74, 6) is -0.674. The number of nitrogens with zero attached hydrogens (tertiary/aromatic N) is 2. The fraction of sp³-hybridized carbons (Fsp3) is 0.375. The first-order chi connectivity index (χ1) is 19.1. The fourth-order valence-electron chi connectivity index (χ4n) is 5.09. The van der Waals surface area contributed by atoms with Gasteiger partial charge in [-0.15, -0.1) is 0 Å². The minimum atomic E-state index is -4.08. The molecule has 0 aromatic heterocycles. The standard InChI is InChI=1S/C32H39N3O4S/c1-23-15-18-27(19-16-23)21-34(26(4)32(37)33-28-10-8-9-11-28)31(36)22-35(30-20-24(2)14-17-25(30)3)40(38,39)29-12-6-5-7-13-29/h5-7,12-20,26,28H,8-11,21-22H2,1-4H3,(H,33,37)/t26-/m0/s1. The van der Waals surface area contributed by atoms with Gasteiger partial charge in [-0.3, -0.25) is 13.9 Å². The van der Waals surface area contributed by atoms with E-state index < -0.39 is 28.5 Å². The van der Waals surface area contributed by atoms with Crippen molar-refractivity contribution < 1.29 is 18.0 Å². The van der Waals surface area contributed by atoms with E-state index in [-0.39, 0.29) is 23.4 Å². The molecule has 40 heavy (non-hydrogen) atoms. The zero-order chi connectivity index (χ0) is 28.9. The Labute approximate surface area is 238 Å². The van der Waals surface area contributed by atoms with Gasteiger partial charge in [0, 0.05) is 12.6 Å². The molecule has 0 bridgehead atoms. The van der Waals surface area contributed by atoms with E-state index >= 15 is 0 Å². The van der Waals surface area contributed by atoms with Crippen LogP contribution in [0, 0.1) is 20.8 Å². The van der Waals surface area contributed by atoms with Crippen molar-refractivity contribution >= 4 is 27.5 Å². The molecule has 212 valence electrons. The van der Waals surface area contributed by atoms with Crippen molar-refractivity contribution in [3.63, 3.8) is 0 Å². The molecule has 8 heteroatoms. The lowest BCUT2D eigenvalue weighted by molar-refractivity contribution is -0.139. The zero-order valence-corrected chi connectivity index (χ0v) is 24.6. The maximum absolute atomic E-state index is 14.1. The van der Waals surface area contributed by atoms with Crippen molar-refractivity contribution in [3.05, 3.63) is 95.1 Å². The van der Waals surface area contributed by atoms with Gasteiger partial charge in [-0.25, -0.2) is 8.42 Å². The first kappa shape index (κ1) is 29.3. The topological polar surface area (TPSA) is 86.8 Å². The Morgan fingerprint density at radius 1 is 0.900 bits per heavy atom. The highest BCUT2D eigenvalue weighted by Gasteiger charge is 2.33. The van der Waals surface area contributed by atoms with Gasteiger partial charge in [0.05, 0.1) is 10.6 Å². The molecule has 1 aliphatic carbocycles. The SMILES string of the molecule is Cc1ccc(CN(C(=O)CN(c2cc(C)ccc2C)S(=O)(=O)c2ccccc2)[C@@H](C)C(=O)NC2CCCC2)cc1. The number of aryl methyl sites for hydroxylation is 3. The number of amides is 2. The van der Waals surface area contributed by atoms with Crippen LogP contribution < -0.4 is 9.62 Å². The van der Waals surface area contributed by atoms with Crippen molar-refractivity contribution in [2.45, 2.75) is 76.9 Å². The average molecular weight is 562 g/mol. The smallest absolute Gasteiger partial charge is 0.264 e. The van der Waals surface area contributed by atoms with Crippen LogP contribution in [0.5, 0.6) is 0 Å². The van der Waals surface area contributed by atoms with E-state index in [4.69, 9.17) is 0 Å². The summed E-state index contributed by atoms with van der Waals surface area (Å²) in [5.41, 5.74) is 4.00. The molecule has 3 aromatic carbocycles. The molecule has 1 atom stereocenters. The van der Waals surface area contributed by atoms with Crippen molar-refractivity contribution in [1.82, 2.24) is 10.2 Å². The monoisotopic (exact) mass is 561 g/mol. The lowest BCUT2D eigenvalue weighted by Crippen LogP contribution is -2.52. The van der Waals surface area contributed by atoms with Crippen LogP contribution in [-0.4, -0.2) is 43.8 Å². The van der Waals surface area contributed by atoms with Crippen molar-refractivity contribution in [1.29, 1.82) is 0 Å². The summed E-state index contributed by atoms with van der Waals surface area (Å²) in [6, 6.07) is 20.8. The Bertz CT molecular complexity index is 1430. The molecule has 1 N–H and O–H groups in total. The third-order valence-corrected chi connectivity index (χ3v) is 9.36. The van der Waals surface area contributed by atoms with Gasteiger partial charge >= 0.3 is 0 Å². The summed E-state index contributed by atoms with van der Waals surface area (Å²) in [5, 5.41) is 3.10. The van der Waals surface area contributed by atoms with Crippen molar-refractivity contribution in [2.24, 2.45) is 0 Å². The lowest BCUT2D eigenvalue weighted by atomic mass is 10.1. The maximum atomic E-state index is 14.1. The zero-order valence-electron chi connectivity index (χ0n) is 23.8. The van der Waals surface area contributed by atoms with Gasteiger partial charge in [-0.2, -0.15) is 0 Å². The van der Waals surface area contributed by atoms with Gasteiger partial charge < -0.3 is 10.2 Å². The summed E-state index contributed by atoms with van der Waals surface area (Å²) in [6.45, 7) is 7.16. The molecule has 0 saturated heterocycles. The Balaban J connectivity index is 1.70. The van der Waals surface area contributed by atoms with Crippen LogP contribution in [0.1, 0.15) is 54.9 Å². The Hall–Kier alpha value is -3.65. The predicted molar refractivity (Wildman–Crippen MR) is 158 cm³/mol. The number of hydrogen-bond donors (Lipinski definition) is 1. The van der Waals surface area contributed by atoms with E-state index in [2.05, 4.69) is 5.32 Å². The van der Waals surface area contributed by atoms with E-state index in [1.807, 2.05) is 57.2 Å². The first-order valence-corrected chi connectivity index (χ1v) is 15.3. The van der Waals surface area contributed by atoms with Gasteiger partial charge in [0.15, 0.2) is 0 Å². The quantitative estimate of drug-likeness (QED) is 0.365. The van der Waals surface area contributed by atoms with E-state index in [1.54, 1.807) is 31.2 Å². The minimum absolute atomic E-state index is 0.0980. The normalized spacial score (nSPS) is 14.5. The molecule has 1 aliphatic rings. The molecule has 4 rings (SSSR count). The molecule has 1 fully saturated rings. The predicted octanol–water partition coefficient (Wildman–Crippen LogP) is 5.28. The molecule has 0 aliphatic heterocycles. The van der Waals surface area contributed by atoms with Gasteiger partial charge in [0.1, 0.15) is 12.6 Å². The second-order valence-corrected chi connectivity index (χ2v) is 12.7. The molecule has 2 amide bonds. The minimum Gasteiger partial charge on any atom is -0.352 e. The number of carbonyl (C=O) groups excluding carboxylic acids is 2. The fourth-order valence-corrected chi connectivity index (χ4v) is 6.58. The summed E-state index contributed by atoms with van der Waals surface area (Å²) in [6.07, 6.45) is 4.02. The second kappa shape index (κ2) is 12.7. The second-order valence-electron chi connectivity index (χ2n) is 10.8. The average Bonchev–Trinajstić information content (AvgIpc) is 3.45. The summed E-state index contributed by atoms with van der Waals surface area (Å²) in [4.78, 5) is 29.0. The van der Waals surface area contributed by atoms with Crippen LogP contribution in [0.3, 0.4) is 0 Å². The number of benzene rings is 3. The highest BCUT2D eigenvalue weighted by molar-refractivity contribution is 7.92. The summed E-state index contributed by atoms with van der Waals surface area (Å²) < 4.78 is 29.1. The van der Waals surface area contributed by atoms with E-state index in [9.17, 15) is 18.0 Å². The van der Waals surface area contributed by atoms with Gasteiger partial charge in [-0.1, -0.05) is 73.0 Å². The Morgan fingerprint density at radius 2 is 1.52 bits per heavy atom. The van der Waals surface area contributed by atoms with Gasteiger partial charge in [0.2, 0.25) is 11.8 Å². The van der Waals surface area contributed by atoms with Gasteiger partial charge in [-0.05, 0) is 75.4 Å². The van der Waals surface area contributed by atoms with E-state index in [1.165, 1.54) is 21.3 Å². The first-order valence-electron chi connectivity index (χ1n) is 13.9. The van der Waals surface area contributed by atoms with Crippen LogP contribution in [-0.2, 0) is 26.2 Å². The number of anilines is 1. The molecule has 0 radical (unpaired) electrons. The molecular formula is C32H39N3O4S. The maximum Gasteiger partial charge on any atom is 0.264 e.